The Morgan fingerprint density at radius 1 is 0.653 bits per heavy atom. The number of ether oxygens (including phenoxy) is 2. The second-order valence-electron chi connectivity index (χ2n) is 22.7. The van der Waals surface area contributed by atoms with E-state index in [1.54, 1.807) is 38.4 Å². The molecule has 2 unspecified atom stereocenters. The van der Waals surface area contributed by atoms with Crippen molar-refractivity contribution in [1.82, 2.24) is 9.80 Å². The molecule has 4 aromatic carbocycles. The van der Waals surface area contributed by atoms with Gasteiger partial charge in [-0.25, -0.2) is 19.7 Å². The Kier molecular flexibility index (Phi) is 14.0. The lowest BCUT2D eigenvalue weighted by Crippen LogP contribution is -2.53. The lowest BCUT2D eigenvalue weighted by molar-refractivity contribution is -0.136. The summed E-state index contributed by atoms with van der Waals surface area (Å²) >= 11 is 3.53. The molecule has 2 atom stereocenters. The Balaban J connectivity index is 0.000000162. The van der Waals surface area contributed by atoms with Gasteiger partial charge in [-0.3, -0.25) is 19.4 Å². The third-order valence-corrected chi connectivity index (χ3v) is 16.6. The van der Waals surface area contributed by atoms with Gasteiger partial charge in [0.15, 0.2) is 34.4 Å². The molecule has 72 heavy (non-hydrogen) atoms. The summed E-state index contributed by atoms with van der Waals surface area (Å²) in [6, 6.07) is 25.6. The minimum atomic E-state index is -1.49. The number of nitrogens with zero attached hydrogens (tertiary/aromatic N) is 6. The maximum atomic E-state index is 13.7. The number of aliphatic imine (C=N–C) groups is 2. The maximum Gasteiger partial charge on any atom is 0.487 e. The fourth-order valence-corrected chi connectivity index (χ4v) is 12.1. The van der Waals surface area contributed by atoms with E-state index in [4.69, 9.17) is 54.1 Å². The Morgan fingerprint density at radius 2 is 1.08 bits per heavy atom. The van der Waals surface area contributed by atoms with Crippen molar-refractivity contribution >= 4 is 63.6 Å². The number of amides is 2. The number of carbonyl (C=O) groups is 2. The van der Waals surface area contributed by atoms with E-state index < -0.39 is 23.8 Å². The van der Waals surface area contributed by atoms with Gasteiger partial charge >= 0.3 is 7.12 Å². The number of rotatable bonds is 2. The first-order valence-corrected chi connectivity index (χ1v) is 25.6. The molecular weight excluding hydrogens is 971 g/mol. The van der Waals surface area contributed by atoms with Gasteiger partial charge in [-0.05, 0) is 127 Å². The van der Waals surface area contributed by atoms with Gasteiger partial charge in [-0.1, -0.05) is 106 Å². The smallest absolute Gasteiger partial charge is 0.487 e. The Bertz CT molecular complexity index is 2920. The van der Waals surface area contributed by atoms with Crippen molar-refractivity contribution in [2.24, 2.45) is 44.1 Å². The zero-order valence-corrected chi connectivity index (χ0v) is 44.2. The SMILES string of the molecule is CN1C(=O)C2(CC3(CCC(C(C)(C)C)CC3)Oc3ccc(Br)cc32)N=C1N.[C-]#[N+]c1cccc(-c2ccc3c(c2)C2(CC4(CCC(C(C)(C)C)CC4)O3)N=C(N)N(C)C2=O)c1.[C-]#[N+]c1cccc(B(O)O)c1. The lowest BCUT2D eigenvalue weighted by atomic mass is 9.64. The molecule has 2 saturated carbocycles. The van der Waals surface area contributed by atoms with E-state index in [0.717, 1.165) is 83.8 Å². The highest BCUT2D eigenvalue weighted by molar-refractivity contribution is 9.10. The molecule has 0 saturated heterocycles. The molecule has 16 heteroatoms. The van der Waals surface area contributed by atoms with Gasteiger partial charge in [0, 0.05) is 42.5 Å². The fraction of sp³-hybridized carbons (Fsp3) is 0.464. The topological polar surface area (TPSA) is 185 Å². The lowest BCUT2D eigenvalue weighted by Gasteiger charge is -2.49. The highest BCUT2D eigenvalue weighted by atomic mass is 79.9. The van der Waals surface area contributed by atoms with E-state index in [1.807, 2.05) is 54.6 Å². The predicted octanol–water partition coefficient (Wildman–Crippen LogP) is 9.75. The van der Waals surface area contributed by atoms with Crippen LogP contribution in [0.2, 0.25) is 0 Å². The number of halogens is 1. The van der Waals surface area contributed by atoms with E-state index in [1.165, 1.54) is 15.9 Å². The normalized spacial score (nSPS) is 27.2. The van der Waals surface area contributed by atoms with Gasteiger partial charge in [0.1, 0.15) is 22.7 Å². The van der Waals surface area contributed by atoms with Crippen LogP contribution in [-0.4, -0.2) is 76.0 Å². The number of hydrogen-bond donors (Lipinski definition) is 4. The number of guanidine groups is 2. The van der Waals surface area contributed by atoms with Crippen LogP contribution in [0, 0.1) is 35.8 Å². The van der Waals surface area contributed by atoms with Crippen LogP contribution in [-0.2, 0) is 20.7 Å². The van der Waals surface area contributed by atoms with Gasteiger partial charge in [0.2, 0.25) is 0 Å². The molecule has 376 valence electrons. The van der Waals surface area contributed by atoms with E-state index in [2.05, 4.69) is 67.2 Å². The van der Waals surface area contributed by atoms with Crippen molar-refractivity contribution in [3.05, 3.63) is 123 Å². The number of benzene rings is 4. The molecule has 10 rings (SSSR count). The van der Waals surface area contributed by atoms with E-state index in [9.17, 15) is 9.59 Å². The third kappa shape index (κ3) is 9.86. The molecule has 6 aliphatic rings. The second kappa shape index (κ2) is 19.3. The molecule has 4 heterocycles. The monoisotopic (exact) mass is 1040 g/mol. The van der Waals surface area contributed by atoms with Crippen LogP contribution in [0.25, 0.3) is 20.8 Å². The van der Waals surface area contributed by atoms with Crippen LogP contribution in [0.5, 0.6) is 11.5 Å². The molecule has 14 nitrogen and oxygen atoms in total. The standard InChI is InChI=1S/C28H32N4O2.C21H28BrN3O2.C7H6BNO2/c1-26(2,3)20-11-13-27(14-12-20)17-28(24(33)32(5)25(29)31-28)22-16-19(9-10-23(22)34-27)18-7-6-8-21(15-18)30-4;1-19(2,3)13-7-9-20(10-8-13)12-21(17(26)25(4)18(23)24-21)15-11-14(22)5-6-16(15)27-20;1-9-7-4-2-3-6(5-7)8(10)11/h6-10,15-16,20H,11-14,17H2,1-3,5H3,(H2,29,31);5-6,11,13H,7-10,12H2,1-4H3,(H2,23,24);2-5,10-11H. The van der Waals surface area contributed by atoms with Gasteiger partial charge in [-0.15, -0.1) is 0 Å². The summed E-state index contributed by atoms with van der Waals surface area (Å²) in [4.78, 5) is 46.1. The highest BCUT2D eigenvalue weighted by Gasteiger charge is 2.60. The molecule has 2 aliphatic carbocycles. The molecular formula is C56H66BBrN8O6. The number of fused-ring (bicyclic) bond motifs is 4. The molecule has 4 aliphatic heterocycles. The first kappa shape index (κ1) is 52.1. The number of nitrogens with two attached hydrogens (primary N) is 2. The molecule has 6 N–H and O–H groups in total. The average Bonchev–Trinajstić information content (AvgIpc) is 3.69. The first-order chi connectivity index (χ1) is 33.9. The van der Waals surface area contributed by atoms with Crippen molar-refractivity contribution in [1.29, 1.82) is 0 Å². The second-order valence-corrected chi connectivity index (χ2v) is 23.6. The number of carbonyl (C=O) groups excluding carboxylic acids is 2. The van der Waals surface area contributed by atoms with Gasteiger partial charge in [0.25, 0.3) is 11.8 Å². The number of hydrogen-bond acceptors (Lipinski definition) is 10. The largest absolute Gasteiger partial charge is 0.487 e. The van der Waals surface area contributed by atoms with Gasteiger partial charge in [-0.2, -0.15) is 0 Å². The molecule has 4 spiro atoms. The van der Waals surface area contributed by atoms with Gasteiger partial charge < -0.3 is 31.0 Å². The van der Waals surface area contributed by atoms with Crippen LogP contribution in [0.1, 0.15) is 117 Å². The summed E-state index contributed by atoms with van der Waals surface area (Å²) in [7, 11) is 1.90. The van der Waals surface area contributed by atoms with Crippen LogP contribution < -0.4 is 26.4 Å². The molecule has 2 fully saturated rings. The maximum absolute atomic E-state index is 13.7. The van der Waals surface area contributed by atoms with E-state index >= 15 is 0 Å². The zero-order chi connectivity index (χ0) is 52.2. The fourth-order valence-electron chi connectivity index (χ4n) is 11.8. The van der Waals surface area contributed by atoms with Crippen molar-refractivity contribution < 1.29 is 29.1 Å². The Labute approximate surface area is 432 Å². The van der Waals surface area contributed by atoms with E-state index in [0.29, 0.717) is 52.7 Å². The summed E-state index contributed by atoms with van der Waals surface area (Å²) in [6.45, 7) is 27.8. The molecule has 2 amide bonds. The van der Waals surface area contributed by atoms with Crippen molar-refractivity contribution in [3.8, 4) is 22.6 Å². The first-order valence-electron chi connectivity index (χ1n) is 24.8. The molecule has 0 aromatic heterocycles. The highest BCUT2D eigenvalue weighted by Crippen LogP contribution is 2.57. The predicted molar refractivity (Wildman–Crippen MR) is 286 cm³/mol. The van der Waals surface area contributed by atoms with Crippen molar-refractivity contribution in [2.75, 3.05) is 14.1 Å². The molecule has 4 aromatic rings. The summed E-state index contributed by atoms with van der Waals surface area (Å²) < 4.78 is 14.2. The zero-order valence-electron chi connectivity index (χ0n) is 42.6. The number of likely N-dealkylation sites (N-methyl/N-ethyl adjacent to an activating group) is 2. The summed E-state index contributed by atoms with van der Waals surface area (Å²) in [5, 5.41) is 17.4. The third-order valence-electron chi connectivity index (χ3n) is 16.1. The average molecular weight is 1040 g/mol. The quantitative estimate of drug-likeness (QED) is 0.113. The summed E-state index contributed by atoms with van der Waals surface area (Å²) in [6.07, 6.45) is 9.10. The van der Waals surface area contributed by atoms with Crippen molar-refractivity contribution in [2.45, 2.75) is 128 Å². The van der Waals surface area contributed by atoms with Crippen LogP contribution >= 0.6 is 15.9 Å². The summed E-state index contributed by atoms with van der Waals surface area (Å²) in [5.41, 5.74) is 14.8. The van der Waals surface area contributed by atoms with Crippen molar-refractivity contribution in [3.63, 3.8) is 0 Å². The molecule has 0 bridgehead atoms. The Morgan fingerprint density at radius 3 is 1.51 bits per heavy atom. The summed E-state index contributed by atoms with van der Waals surface area (Å²) in [5.74, 6) is 3.16. The van der Waals surface area contributed by atoms with Crippen LogP contribution in [0.15, 0.2) is 99.4 Å². The van der Waals surface area contributed by atoms with Crippen LogP contribution in [0.4, 0.5) is 11.4 Å². The van der Waals surface area contributed by atoms with E-state index in [-0.39, 0.29) is 34.7 Å². The van der Waals surface area contributed by atoms with Gasteiger partial charge in [0.05, 0.1) is 13.1 Å². The minimum absolute atomic E-state index is 0.0556. The molecule has 0 radical (unpaired) electrons. The Hall–Kier alpha value is -6.20. The van der Waals surface area contributed by atoms with Crippen LogP contribution in [0.3, 0.4) is 0 Å². The minimum Gasteiger partial charge on any atom is -0.487 e.